The van der Waals surface area contributed by atoms with E-state index in [2.05, 4.69) is 15.0 Å². The highest BCUT2D eigenvalue weighted by atomic mass is 35.5. The predicted octanol–water partition coefficient (Wildman–Crippen LogP) is 7.07. The lowest BCUT2D eigenvalue weighted by Gasteiger charge is -2.23. The Bertz CT molecular complexity index is 1140. The minimum atomic E-state index is -4.80. The van der Waals surface area contributed by atoms with E-state index in [4.69, 9.17) is 16.3 Å². The van der Waals surface area contributed by atoms with Crippen LogP contribution in [0.5, 0.6) is 17.4 Å². The molecule has 0 saturated carbocycles. The zero-order valence-electron chi connectivity index (χ0n) is 17.2. The molecule has 0 fully saturated rings. The Kier molecular flexibility index (Phi) is 7.38. The molecule has 5 nitrogen and oxygen atoms in total. The molecule has 1 heterocycles. The number of halogens is 5. The number of alkyl halides is 3. The minimum absolute atomic E-state index is 0.0911. The molecule has 1 amide bonds. The molecule has 0 aliphatic carbocycles. The van der Waals surface area contributed by atoms with Crippen LogP contribution in [-0.4, -0.2) is 22.0 Å². The van der Waals surface area contributed by atoms with E-state index in [9.17, 15) is 22.4 Å². The van der Waals surface area contributed by atoms with Gasteiger partial charge in [-0.15, -0.1) is 24.9 Å². The molecule has 0 radical (unpaired) electrons. The molecule has 0 atom stereocenters. The van der Waals surface area contributed by atoms with Crippen molar-refractivity contribution in [3.05, 3.63) is 71.6 Å². The number of nitrogens with zero attached hydrogens (tertiary/aromatic N) is 1. The molecule has 174 valence electrons. The maximum Gasteiger partial charge on any atom is 0.573 e. The summed E-state index contributed by atoms with van der Waals surface area (Å²) in [4.78, 5) is 17.3. The topological polar surface area (TPSA) is 60.5 Å². The maximum absolute atomic E-state index is 13.2. The van der Waals surface area contributed by atoms with Crippen LogP contribution in [0.1, 0.15) is 13.8 Å². The van der Waals surface area contributed by atoms with E-state index in [1.54, 1.807) is 26.0 Å². The predicted molar refractivity (Wildman–Crippen MR) is 117 cm³/mol. The van der Waals surface area contributed by atoms with Gasteiger partial charge in [-0.3, -0.25) is 4.79 Å². The summed E-state index contributed by atoms with van der Waals surface area (Å²) in [6, 6.07) is 12.3. The zero-order valence-corrected chi connectivity index (χ0v) is 18.8. The molecular formula is C22H17ClF4N2O3S. The Balaban J connectivity index is 1.62. The number of amides is 1. The van der Waals surface area contributed by atoms with E-state index in [0.29, 0.717) is 16.3 Å². The van der Waals surface area contributed by atoms with Crippen molar-refractivity contribution < 1.29 is 31.8 Å². The van der Waals surface area contributed by atoms with Crippen LogP contribution in [0.2, 0.25) is 5.02 Å². The van der Waals surface area contributed by atoms with Crippen LogP contribution in [0.25, 0.3) is 0 Å². The van der Waals surface area contributed by atoms with Crippen molar-refractivity contribution in [1.29, 1.82) is 0 Å². The summed E-state index contributed by atoms with van der Waals surface area (Å²) in [6.07, 6.45) is -3.43. The number of thioether (sulfide) groups is 1. The summed E-state index contributed by atoms with van der Waals surface area (Å²) in [5, 5.41) is 2.61. The first-order valence-electron chi connectivity index (χ1n) is 9.36. The van der Waals surface area contributed by atoms with Crippen LogP contribution >= 0.6 is 23.4 Å². The molecular weight excluding hydrogens is 484 g/mol. The number of carbonyl (C=O) groups excluding carboxylic acids is 1. The van der Waals surface area contributed by atoms with Gasteiger partial charge < -0.3 is 14.8 Å². The summed E-state index contributed by atoms with van der Waals surface area (Å²) in [6.45, 7) is 3.26. The van der Waals surface area contributed by atoms with E-state index in [1.165, 1.54) is 42.6 Å². The third-order valence-corrected chi connectivity index (χ3v) is 5.54. The Morgan fingerprint density at radius 3 is 2.45 bits per heavy atom. The van der Waals surface area contributed by atoms with Gasteiger partial charge in [-0.05, 0) is 50.2 Å². The highest BCUT2D eigenvalue weighted by Gasteiger charge is 2.32. The fourth-order valence-electron chi connectivity index (χ4n) is 2.53. The van der Waals surface area contributed by atoms with Crippen molar-refractivity contribution in [3.63, 3.8) is 0 Å². The number of nitrogens with one attached hydrogen (secondary N) is 1. The molecule has 0 saturated heterocycles. The van der Waals surface area contributed by atoms with Crippen LogP contribution in [0.15, 0.2) is 65.7 Å². The third kappa shape index (κ3) is 7.26. The number of hydrogen-bond acceptors (Lipinski definition) is 5. The lowest BCUT2D eigenvalue weighted by atomic mass is 10.2. The second-order valence-electron chi connectivity index (χ2n) is 7.15. The largest absolute Gasteiger partial charge is 0.573 e. The van der Waals surface area contributed by atoms with Crippen LogP contribution in [-0.2, 0) is 4.79 Å². The molecule has 3 aromatic rings. The van der Waals surface area contributed by atoms with Gasteiger partial charge in [0.15, 0.2) is 0 Å². The SMILES string of the molecule is CC(C)(Sc1cccc(OC(F)(F)F)c1)C(=O)Nc1ccc(Oc2ccc(F)c(Cl)c2)nc1. The van der Waals surface area contributed by atoms with E-state index < -0.39 is 22.8 Å². The average molecular weight is 501 g/mol. The Labute approximate surface area is 196 Å². The molecule has 1 aromatic heterocycles. The highest BCUT2D eigenvalue weighted by Crippen LogP contribution is 2.36. The van der Waals surface area contributed by atoms with E-state index in [0.717, 1.165) is 17.8 Å². The summed E-state index contributed by atoms with van der Waals surface area (Å²) in [5.41, 5.74) is 0.382. The number of rotatable bonds is 7. The summed E-state index contributed by atoms with van der Waals surface area (Å²) < 4.78 is 58.9. The van der Waals surface area contributed by atoms with Crippen LogP contribution in [0.4, 0.5) is 23.2 Å². The second-order valence-corrected chi connectivity index (χ2v) is 9.26. The van der Waals surface area contributed by atoms with Gasteiger partial charge in [0.25, 0.3) is 0 Å². The first kappa shape index (κ1) is 24.7. The Hall–Kier alpha value is -2.98. The maximum atomic E-state index is 13.2. The van der Waals surface area contributed by atoms with Crippen molar-refractivity contribution >= 4 is 35.0 Å². The number of ether oxygens (including phenoxy) is 2. The van der Waals surface area contributed by atoms with E-state index >= 15 is 0 Å². The van der Waals surface area contributed by atoms with E-state index in [-0.39, 0.29) is 16.7 Å². The molecule has 0 spiro atoms. The van der Waals surface area contributed by atoms with Crippen molar-refractivity contribution in [2.45, 2.75) is 29.9 Å². The van der Waals surface area contributed by atoms with Gasteiger partial charge in [0.1, 0.15) is 17.3 Å². The van der Waals surface area contributed by atoms with Gasteiger partial charge in [-0.1, -0.05) is 17.7 Å². The monoisotopic (exact) mass is 500 g/mol. The van der Waals surface area contributed by atoms with Gasteiger partial charge in [-0.25, -0.2) is 9.37 Å². The molecule has 0 unspecified atom stereocenters. The standard InChI is InChI=1S/C22H17ClF4N2O3S/c1-21(2,33-16-5-3-4-15(10-16)32-22(25,26)27)20(30)29-13-6-9-19(28-12-13)31-14-7-8-18(24)17(23)11-14/h3-12H,1-2H3,(H,29,30). The molecule has 2 aromatic carbocycles. The first-order valence-corrected chi connectivity index (χ1v) is 10.6. The number of benzene rings is 2. The molecule has 0 aliphatic heterocycles. The number of aromatic nitrogens is 1. The van der Waals surface area contributed by atoms with Gasteiger partial charge in [0.05, 0.1) is 21.7 Å². The van der Waals surface area contributed by atoms with Gasteiger partial charge >= 0.3 is 6.36 Å². The second kappa shape index (κ2) is 9.88. The fraction of sp³-hybridized carbons (Fsp3) is 0.182. The number of hydrogen-bond donors (Lipinski definition) is 1. The first-order chi connectivity index (χ1) is 15.4. The Morgan fingerprint density at radius 1 is 1.06 bits per heavy atom. The van der Waals surface area contributed by atoms with Crippen LogP contribution < -0.4 is 14.8 Å². The number of carbonyl (C=O) groups is 1. The molecule has 0 bridgehead atoms. The van der Waals surface area contributed by atoms with Crippen molar-refractivity contribution in [2.75, 3.05) is 5.32 Å². The zero-order chi connectivity index (χ0) is 24.2. The highest BCUT2D eigenvalue weighted by molar-refractivity contribution is 8.01. The molecule has 1 N–H and O–H groups in total. The molecule has 11 heteroatoms. The minimum Gasteiger partial charge on any atom is -0.439 e. The normalized spacial score (nSPS) is 11.7. The smallest absolute Gasteiger partial charge is 0.439 e. The van der Waals surface area contributed by atoms with Gasteiger partial charge in [0.2, 0.25) is 11.8 Å². The lowest BCUT2D eigenvalue weighted by Crippen LogP contribution is -2.33. The van der Waals surface area contributed by atoms with E-state index in [1.807, 2.05) is 0 Å². The number of anilines is 1. The molecule has 33 heavy (non-hydrogen) atoms. The van der Waals surface area contributed by atoms with Crippen LogP contribution in [0.3, 0.4) is 0 Å². The average Bonchev–Trinajstić information content (AvgIpc) is 2.71. The summed E-state index contributed by atoms with van der Waals surface area (Å²) >= 11 is 6.79. The van der Waals surface area contributed by atoms with Gasteiger partial charge in [-0.2, -0.15) is 0 Å². The third-order valence-electron chi connectivity index (χ3n) is 4.07. The summed E-state index contributed by atoms with van der Waals surface area (Å²) in [5.74, 6) is -0.845. The summed E-state index contributed by atoms with van der Waals surface area (Å²) in [7, 11) is 0. The Morgan fingerprint density at radius 2 is 1.82 bits per heavy atom. The molecule has 0 aliphatic rings. The quantitative estimate of drug-likeness (QED) is 0.277. The molecule has 3 rings (SSSR count). The van der Waals surface area contributed by atoms with Gasteiger partial charge in [0, 0.05) is 17.0 Å². The number of pyridine rings is 1. The van der Waals surface area contributed by atoms with Crippen molar-refractivity contribution in [1.82, 2.24) is 4.98 Å². The fourth-order valence-corrected chi connectivity index (χ4v) is 3.76. The van der Waals surface area contributed by atoms with Crippen LogP contribution in [0, 0.1) is 5.82 Å². The lowest BCUT2D eigenvalue weighted by molar-refractivity contribution is -0.274. The van der Waals surface area contributed by atoms with Crippen molar-refractivity contribution in [3.8, 4) is 17.4 Å². The van der Waals surface area contributed by atoms with Crippen molar-refractivity contribution in [2.24, 2.45) is 0 Å².